The Morgan fingerprint density at radius 2 is 2.04 bits per heavy atom. The molecule has 0 aliphatic rings. The fraction of sp³-hybridized carbons (Fsp3) is 0.167. The minimum atomic E-state index is -0.435. The number of benzene rings is 2. The Balaban J connectivity index is 2.05. The van der Waals surface area contributed by atoms with Crippen molar-refractivity contribution in [1.82, 2.24) is 0 Å². The summed E-state index contributed by atoms with van der Waals surface area (Å²) in [7, 11) is 1.49. The van der Waals surface area contributed by atoms with Crippen molar-refractivity contribution in [1.29, 1.82) is 0 Å². The number of thiophene rings is 1. The smallest absolute Gasteiger partial charge is 0.266 e. The van der Waals surface area contributed by atoms with E-state index in [4.69, 9.17) is 4.74 Å². The van der Waals surface area contributed by atoms with Crippen molar-refractivity contribution in [3.63, 3.8) is 0 Å². The van der Waals surface area contributed by atoms with Crippen LogP contribution in [0.4, 0.5) is 14.5 Å². The zero-order chi connectivity index (χ0) is 17.3. The van der Waals surface area contributed by atoms with E-state index in [0.717, 1.165) is 5.56 Å². The molecule has 124 valence electrons. The van der Waals surface area contributed by atoms with Crippen LogP contribution in [0.3, 0.4) is 0 Å². The van der Waals surface area contributed by atoms with Crippen LogP contribution in [0.2, 0.25) is 0 Å². The molecule has 1 aromatic heterocycles. The van der Waals surface area contributed by atoms with E-state index in [-0.39, 0.29) is 6.61 Å². The number of halogens is 2. The van der Waals surface area contributed by atoms with E-state index in [9.17, 15) is 13.6 Å². The lowest BCUT2D eigenvalue weighted by atomic mass is 10.1. The Morgan fingerprint density at radius 3 is 2.79 bits per heavy atom. The molecule has 3 rings (SSSR count). The van der Waals surface area contributed by atoms with Crippen LogP contribution in [-0.4, -0.2) is 13.0 Å². The van der Waals surface area contributed by atoms with E-state index in [1.807, 2.05) is 0 Å². The third-order valence-corrected chi connectivity index (χ3v) is 4.90. The molecule has 0 radical (unpaired) electrons. The largest absolute Gasteiger partial charge is 0.380 e. The average molecular weight is 347 g/mol. The van der Waals surface area contributed by atoms with Gasteiger partial charge in [0.15, 0.2) is 0 Å². The highest BCUT2D eigenvalue weighted by molar-refractivity contribution is 7.21. The minimum absolute atomic E-state index is 0.117. The van der Waals surface area contributed by atoms with Gasteiger partial charge in [-0.1, -0.05) is 12.1 Å². The van der Waals surface area contributed by atoms with E-state index in [0.29, 0.717) is 26.2 Å². The van der Waals surface area contributed by atoms with Crippen molar-refractivity contribution in [3.8, 4) is 0 Å². The number of aryl methyl sites for hydroxylation is 1. The minimum Gasteiger partial charge on any atom is -0.380 e. The first kappa shape index (κ1) is 16.5. The quantitative estimate of drug-likeness (QED) is 0.730. The lowest BCUT2D eigenvalue weighted by Crippen LogP contribution is -2.13. The third-order valence-electron chi connectivity index (χ3n) is 3.71. The molecule has 0 aliphatic carbocycles. The molecule has 24 heavy (non-hydrogen) atoms. The lowest BCUT2D eigenvalue weighted by Gasteiger charge is -2.09. The van der Waals surface area contributed by atoms with Gasteiger partial charge in [0.1, 0.15) is 11.6 Å². The highest BCUT2D eigenvalue weighted by Gasteiger charge is 2.21. The van der Waals surface area contributed by atoms with Crippen LogP contribution in [0.25, 0.3) is 10.1 Å². The summed E-state index contributed by atoms with van der Waals surface area (Å²) < 4.78 is 33.4. The Morgan fingerprint density at radius 1 is 1.25 bits per heavy atom. The summed E-state index contributed by atoms with van der Waals surface area (Å²) >= 11 is 1.19. The fourth-order valence-electron chi connectivity index (χ4n) is 2.54. The lowest BCUT2D eigenvalue weighted by molar-refractivity contribution is 0.102. The number of ether oxygens (including phenoxy) is 1. The summed E-state index contributed by atoms with van der Waals surface area (Å²) in [5, 5.41) is 3.09. The van der Waals surface area contributed by atoms with Gasteiger partial charge in [-0.2, -0.15) is 0 Å². The number of rotatable bonds is 4. The molecule has 0 aliphatic heterocycles. The maximum Gasteiger partial charge on any atom is 0.266 e. The molecule has 0 saturated heterocycles. The van der Waals surface area contributed by atoms with Gasteiger partial charge >= 0.3 is 0 Å². The summed E-state index contributed by atoms with van der Waals surface area (Å²) in [6, 6.07) is 8.89. The second-order valence-electron chi connectivity index (χ2n) is 5.37. The number of fused-ring (bicyclic) bond motifs is 1. The Kier molecular flexibility index (Phi) is 4.59. The van der Waals surface area contributed by atoms with Crippen LogP contribution in [0, 0.1) is 18.6 Å². The second kappa shape index (κ2) is 6.67. The topological polar surface area (TPSA) is 38.3 Å². The number of amides is 1. The summed E-state index contributed by atoms with van der Waals surface area (Å²) in [6.45, 7) is 1.89. The molecule has 6 heteroatoms. The van der Waals surface area contributed by atoms with Crippen LogP contribution in [0.1, 0.15) is 20.8 Å². The summed E-state index contributed by atoms with van der Waals surface area (Å²) in [6.07, 6.45) is 0. The summed E-state index contributed by atoms with van der Waals surface area (Å²) in [5.74, 6) is -1.23. The molecule has 0 fully saturated rings. The molecule has 2 aromatic carbocycles. The molecule has 3 aromatic rings. The normalized spacial score (nSPS) is 11.0. The van der Waals surface area contributed by atoms with Gasteiger partial charge in [-0.25, -0.2) is 8.78 Å². The van der Waals surface area contributed by atoms with E-state index in [1.165, 1.54) is 36.6 Å². The molecule has 1 heterocycles. The first-order valence-corrected chi connectivity index (χ1v) is 8.09. The Labute approximate surface area is 141 Å². The first-order valence-electron chi connectivity index (χ1n) is 7.27. The molecular formula is C18H15F2NO2S. The molecule has 1 N–H and O–H groups in total. The zero-order valence-electron chi connectivity index (χ0n) is 13.2. The van der Waals surface area contributed by atoms with Gasteiger partial charge in [0, 0.05) is 28.4 Å². The maximum atomic E-state index is 14.2. The van der Waals surface area contributed by atoms with Gasteiger partial charge in [0.05, 0.1) is 11.5 Å². The van der Waals surface area contributed by atoms with Crippen molar-refractivity contribution < 1.29 is 18.3 Å². The Hall–Kier alpha value is -2.31. The number of hydrogen-bond donors (Lipinski definition) is 1. The van der Waals surface area contributed by atoms with Gasteiger partial charge in [0.2, 0.25) is 0 Å². The van der Waals surface area contributed by atoms with E-state index in [1.54, 1.807) is 25.1 Å². The van der Waals surface area contributed by atoms with E-state index in [2.05, 4.69) is 5.32 Å². The SMILES string of the molecule is COCc1c(C(=O)Nc2cc(F)ccc2C)sc2cccc(F)c12. The van der Waals surface area contributed by atoms with Crippen molar-refractivity contribution in [2.45, 2.75) is 13.5 Å². The van der Waals surface area contributed by atoms with E-state index >= 15 is 0 Å². The molecule has 0 bridgehead atoms. The van der Waals surface area contributed by atoms with Crippen molar-refractivity contribution in [3.05, 3.63) is 64.0 Å². The Bertz CT molecular complexity index is 921. The third kappa shape index (κ3) is 3.02. The predicted octanol–water partition coefficient (Wildman–Crippen LogP) is 4.89. The van der Waals surface area contributed by atoms with Crippen molar-refractivity contribution in [2.24, 2.45) is 0 Å². The van der Waals surface area contributed by atoms with Gasteiger partial charge in [-0.3, -0.25) is 4.79 Å². The van der Waals surface area contributed by atoms with Gasteiger partial charge < -0.3 is 10.1 Å². The second-order valence-corrected chi connectivity index (χ2v) is 6.42. The average Bonchev–Trinajstić information content (AvgIpc) is 2.91. The van der Waals surface area contributed by atoms with Crippen LogP contribution >= 0.6 is 11.3 Å². The predicted molar refractivity (Wildman–Crippen MR) is 91.6 cm³/mol. The molecule has 0 atom stereocenters. The number of nitrogens with one attached hydrogen (secondary N) is 1. The number of carbonyl (C=O) groups is 1. The zero-order valence-corrected chi connectivity index (χ0v) is 14.0. The first-order chi connectivity index (χ1) is 11.5. The van der Waals surface area contributed by atoms with Crippen LogP contribution in [0.5, 0.6) is 0 Å². The van der Waals surface area contributed by atoms with Gasteiger partial charge in [0.25, 0.3) is 5.91 Å². The number of anilines is 1. The molecule has 0 spiro atoms. The standard InChI is InChI=1S/C18H15F2NO2S/c1-10-6-7-11(19)8-14(10)21-18(22)17-12(9-23-2)16-13(20)4-3-5-15(16)24-17/h3-8H,9H2,1-2H3,(H,21,22). The number of hydrogen-bond acceptors (Lipinski definition) is 3. The maximum absolute atomic E-state index is 14.2. The van der Waals surface area contributed by atoms with Crippen LogP contribution in [-0.2, 0) is 11.3 Å². The molecule has 0 saturated carbocycles. The molecule has 0 unspecified atom stereocenters. The molecular weight excluding hydrogens is 332 g/mol. The monoisotopic (exact) mass is 347 g/mol. The number of carbonyl (C=O) groups excluding carboxylic acids is 1. The number of methoxy groups -OCH3 is 1. The van der Waals surface area contributed by atoms with Crippen molar-refractivity contribution >= 4 is 33.0 Å². The summed E-state index contributed by atoms with van der Waals surface area (Å²) in [4.78, 5) is 13.0. The van der Waals surface area contributed by atoms with Gasteiger partial charge in [-0.05, 0) is 36.8 Å². The summed E-state index contributed by atoms with van der Waals surface area (Å²) in [5.41, 5.74) is 1.63. The molecule has 1 amide bonds. The fourth-order valence-corrected chi connectivity index (χ4v) is 3.66. The molecule has 3 nitrogen and oxygen atoms in total. The van der Waals surface area contributed by atoms with E-state index < -0.39 is 17.5 Å². The van der Waals surface area contributed by atoms with Crippen LogP contribution < -0.4 is 5.32 Å². The van der Waals surface area contributed by atoms with Crippen molar-refractivity contribution in [2.75, 3.05) is 12.4 Å². The van der Waals surface area contributed by atoms with Crippen LogP contribution in [0.15, 0.2) is 36.4 Å². The highest BCUT2D eigenvalue weighted by Crippen LogP contribution is 2.34. The highest BCUT2D eigenvalue weighted by atomic mass is 32.1. The van der Waals surface area contributed by atoms with Gasteiger partial charge in [-0.15, -0.1) is 11.3 Å².